The molecule has 0 saturated carbocycles. The number of carbonyl (C=O) groups is 2. The van der Waals surface area contributed by atoms with Gasteiger partial charge < -0.3 is 19.2 Å². The number of rotatable bonds is 6. The van der Waals surface area contributed by atoms with Crippen LogP contribution in [0.25, 0.3) is 11.0 Å². The fourth-order valence-corrected chi connectivity index (χ4v) is 2.32. The lowest BCUT2D eigenvalue weighted by Crippen LogP contribution is -2.42. The highest BCUT2D eigenvalue weighted by Crippen LogP contribution is 2.24. The molecule has 1 aromatic heterocycles. The number of benzene rings is 1. The first-order valence-electron chi connectivity index (χ1n) is 7.41. The first-order chi connectivity index (χ1) is 10.9. The summed E-state index contributed by atoms with van der Waals surface area (Å²) in [5, 5.41) is 3.42. The molecule has 1 N–H and O–H groups in total. The summed E-state index contributed by atoms with van der Waals surface area (Å²) >= 11 is 0. The van der Waals surface area contributed by atoms with E-state index in [0.29, 0.717) is 17.8 Å². The number of esters is 1. The Morgan fingerprint density at radius 3 is 2.57 bits per heavy atom. The van der Waals surface area contributed by atoms with E-state index < -0.39 is 17.9 Å². The Labute approximate surface area is 134 Å². The van der Waals surface area contributed by atoms with Crippen LogP contribution in [0.5, 0.6) is 5.75 Å². The zero-order valence-electron chi connectivity index (χ0n) is 13.7. The fraction of sp³-hybridized carbons (Fsp3) is 0.412. The normalized spacial score (nSPS) is 12.2. The summed E-state index contributed by atoms with van der Waals surface area (Å²) in [6, 6.07) is 6.19. The van der Waals surface area contributed by atoms with Gasteiger partial charge in [0.2, 0.25) is 0 Å². The number of hydrogen-bond donors (Lipinski definition) is 1. The minimum absolute atomic E-state index is 0.144. The largest absolute Gasteiger partial charge is 0.497 e. The molecule has 0 fully saturated rings. The van der Waals surface area contributed by atoms with Gasteiger partial charge in [0, 0.05) is 5.39 Å². The van der Waals surface area contributed by atoms with Gasteiger partial charge in [-0.3, -0.25) is 4.79 Å². The molecule has 0 bridgehead atoms. The van der Waals surface area contributed by atoms with Crippen molar-refractivity contribution in [3.63, 3.8) is 0 Å². The summed E-state index contributed by atoms with van der Waals surface area (Å²) in [7, 11) is 2.87. The minimum Gasteiger partial charge on any atom is -0.497 e. The molecule has 2 aromatic rings. The molecular weight excluding hydrogens is 298 g/mol. The van der Waals surface area contributed by atoms with Crippen molar-refractivity contribution < 1.29 is 23.5 Å². The Hall–Kier alpha value is -2.50. The van der Waals surface area contributed by atoms with Crippen LogP contribution in [0.1, 0.15) is 30.8 Å². The monoisotopic (exact) mass is 319 g/mol. The van der Waals surface area contributed by atoms with E-state index in [-0.39, 0.29) is 11.7 Å². The lowest BCUT2D eigenvalue weighted by atomic mass is 10.0. The van der Waals surface area contributed by atoms with Gasteiger partial charge in [0.05, 0.1) is 14.2 Å². The number of ether oxygens (including phenoxy) is 2. The van der Waals surface area contributed by atoms with Crippen molar-refractivity contribution in [2.75, 3.05) is 14.2 Å². The van der Waals surface area contributed by atoms with Gasteiger partial charge >= 0.3 is 5.97 Å². The lowest BCUT2D eigenvalue weighted by Gasteiger charge is -2.17. The molecule has 124 valence electrons. The summed E-state index contributed by atoms with van der Waals surface area (Å²) in [5.41, 5.74) is 0.578. The van der Waals surface area contributed by atoms with E-state index in [2.05, 4.69) is 5.32 Å². The third kappa shape index (κ3) is 4.03. The summed E-state index contributed by atoms with van der Waals surface area (Å²) in [4.78, 5) is 24.1. The van der Waals surface area contributed by atoms with Gasteiger partial charge in [0.1, 0.15) is 17.4 Å². The number of furan rings is 1. The van der Waals surface area contributed by atoms with Crippen molar-refractivity contribution in [3.05, 3.63) is 30.0 Å². The second-order valence-corrected chi connectivity index (χ2v) is 5.69. The maximum Gasteiger partial charge on any atom is 0.328 e. The molecule has 0 aliphatic carbocycles. The quantitative estimate of drug-likeness (QED) is 0.828. The number of hydrogen-bond acceptors (Lipinski definition) is 5. The van der Waals surface area contributed by atoms with Crippen LogP contribution in [0.15, 0.2) is 28.7 Å². The van der Waals surface area contributed by atoms with Gasteiger partial charge in [-0.05, 0) is 36.6 Å². The molecule has 0 aliphatic rings. The predicted octanol–water partition coefficient (Wildman–Crippen LogP) is 2.76. The Bertz CT molecular complexity index is 704. The van der Waals surface area contributed by atoms with Crippen molar-refractivity contribution in [1.82, 2.24) is 5.32 Å². The van der Waals surface area contributed by atoms with Crippen molar-refractivity contribution in [2.45, 2.75) is 26.3 Å². The Morgan fingerprint density at radius 2 is 1.96 bits per heavy atom. The lowest BCUT2D eigenvalue weighted by molar-refractivity contribution is -0.143. The fourth-order valence-electron chi connectivity index (χ4n) is 2.32. The number of methoxy groups -OCH3 is 2. The Balaban J connectivity index is 2.19. The summed E-state index contributed by atoms with van der Waals surface area (Å²) in [5.74, 6) is 0.142. The van der Waals surface area contributed by atoms with Crippen LogP contribution < -0.4 is 10.1 Å². The van der Waals surface area contributed by atoms with Gasteiger partial charge in [-0.25, -0.2) is 4.79 Å². The van der Waals surface area contributed by atoms with Gasteiger partial charge in [0.15, 0.2) is 5.76 Å². The molecule has 1 atom stereocenters. The van der Waals surface area contributed by atoms with Crippen molar-refractivity contribution in [2.24, 2.45) is 5.92 Å². The average Bonchev–Trinajstić information content (AvgIpc) is 2.95. The van der Waals surface area contributed by atoms with Gasteiger partial charge in [-0.1, -0.05) is 13.8 Å². The Morgan fingerprint density at radius 1 is 1.22 bits per heavy atom. The van der Waals surface area contributed by atoms with E-state index in [0.717, 1.165) is 5.39 Å². The van der Waals surface area contributed by atoms with Gasteiger partial charge in [-0.15, -0.1) is 0 Å². The zero-order valence-corrected chi connectivity index (χ0v) is 13.7. The van der Waals surface area contributed by atoms with Crippen molar-refractivity contribution in [3.8, 4) is 5.75 Å². The maximum atomic E-state index is 12.3. The second kappa shape index (κ2) is 7.17. The zero-order chi connectivity index (χ0) is 17.0. The molecule has 0 radical (unpaired) electrons. The van der Waals surface area contributed by atoms with Crippen molar-refractivity contribution >= 4 is 22.8 Å². The molecule has 2 rings (SSSR count). The highest BCUT2D eigenvalue weighted by atomic mass is 16.5. The topological polar surface area (TPSA) is 77.8 Å². The van der Waals surface area contributed by atoms with Crippen LogP contribution in [0, 0.1) is 5.92 Å². The number of nitrogens with one attached hydrogen (secondary N) is 1. The first kappa shape index (κ1) is 16.9. The summed E-state index contributed by atoms with van der Waals surface area (Å²) < 4.78 is 15.4. The van der Waals surface area contributed by atoms with Gasteiger partial charge in [-0.2, -0.15) is 0 Å². The van der Waals surface area contributed by atoms with Crippen molar-refractivity contribution in [1.29, 1.82) is 0 Å². The average molecular weight is 319 g/mol. The van der Waals surface area contributed by atoms with E-state index >= 15 is 0 Å². The molecule has 1 amide bonds. The number of amides is 1. The van der Waals surface area contributed by atoms with Crippen LogP contribution in [0.3, 0.4) is 0 Å². The molecule has 1 aromatic carbocycles. The van der Waals surface area contributed by atoms with E-state index in [9.17, 15) is 9.59 Å². The minimum atomic E-state index is -0.699. The molecular formula is C17H21NO5. The SMILES string of the molecule is COC(=O)C(CC(C)C)NC(=O)c1cc2cc(OC)ccc2o1. The molecule has 0 spiro atoms. The molecule has 1 heterocycles. The molecule has 0 aliphatic heterocycles. The number of carbonyl (C=O) groups excluding carboxylic acids is 2. The summed E-state index contributed by atoms with van der Waals surface area (Å²) in [6.45, 7) is 3.94. The second-order valence-electron chi connectivity index (χ2n) is 5.69. The molecule has 23 heavy (non-hydrogen) atoms. The van der Waals surface area contributed by atoms with Crippen LogP contribution >= 0.6 is 0 Å². The smallest absolute Gasteiger partial charge is 0.328 e. The standard InChI is InChI=1S/C17H21NO5/c1-10(2)7-13(17(20)22-4)18-16(19)15-9-11-8-12(21-3)5-6-14(11)23-15/h5-6,8-10,13H,7H2,1-4H3,(H,18,19). The highest BCUT2D eigenvalue weighted by Gasteiger charge is 2.24. The number of fused-ring (bicyclic) bond motifs is 1. The maximum absolute atomic E-state index is 12.3. The van der Waals surface area contributed by atoms with E-state index in [4.69, 9.17) is 13.9 Å². The van der Waals surface area contributed by atoms with Crippen LogP contribution in [0.4, 0.5) is 0 Å². The molecule has 1 unspecified atom stereocenters. The third-order valence-corrected chi connectivity index (χ3v) is 3.45. The summed E-state index contributed by atoms with van der Waals surface area (Å²) in [6.07, 6.45) is 0.493. The van der Waals surface area contributed by atoms with Crippen LogP contribution in [-0.4, -0.2) is 32.1 Å². The van der Waals surface area contributed by atoms with Gasteiger partial charge in [0.25, 0.3) is 5.91 Å². The van der Waals surface area contributed by atoms with E-state index in [1.165, 1.54) is 7.11 Å². The van der Waals surface area contributed by atoms with Crippen LogP contribution in [-0.2, 0) is 9.53 Å². The predicted molar refractivity (Wildman–Crippen MR) is 85.5 cm³/mol. The van der Waals surface area contributed by atoms with E-state index in [1.807, 2.05) is 13.8 Å². The molecule has 6 nitrogen and oxygen atoms in total. The van der Waals surface area contributed by atoms with Crippen LogP contribution in [0.2, 0.25) is 0 Å². The Kier molecular flexibility index (Phi) is 5.26. The molecule has 6 heteroatoms. The molecule has 0 saturated heterocycles. The first-order valence-corrected chi connectivity index (χ1v) is 7.41. The highest BCUT2D eigenvalue weighted by molar-refractivity contribution is 5.98. The third-order valence-electron chi connectivity index (χ3n) is 3.45. The van der Waals surface area contributed by atoms with E-state index in [1.54, 1.807) is 31.4 Å².